The van der Waals surface area contributed by atoms with E-state index in [4.69, 9.17) is 0 Å². The first-order chi connectivity index (χ1) is 7.89. The van der Waals surface area contributed by atoms with E-state index < -0.39 is 0 Å². The van der Waals surface area contributed by atoms with Gasteiger partial charge in [0.05, 0.1) is 6.54 Å². The third-order valence-corrected chi connectivity index (χ3v) is 2.52. The van der Waals surface area contributed by atoms with Crippen LogP contribution in [0.2, 0.25) is 0 Å². The first kappa shape index (κ1) is 16.4. The van der Waals surface area contributed by atoms with E-state index in [1.807, 2.05) is 0 Å². The third kappa shape index (κ3) is 10.3. The van der Waals surface area contributed by atoms with Crippen LogP contribution in [0.1, 0.15) is 41.0 Å². The van der Waals surface area contributed by atoms with Crippen LogP contribution in [0.4, 0.5) is 0 Å². The number of carbonyl (C=O) groups excluding carboxylic acids is 1. The van der Waals surface area contributed by atoms with Gasteiger partial charge in [0.25, 0.3) is 0 Å². The van der Waals surface area contributed by atoms with Crippen LogP contribution in [-0.4, -0.2) is 49.1 Å². The molecule has 0 bridgehead atoms. The quantitative estimate of drug-likeness (QED) is 0.674. The molecule has 0 saturated carbocycles. The Hall–Kier alpha value is -0.610. The molecule has 102 valence electrons. The molecule has 17 heavy (non-hydrogen) atoms. The second-order valence-corrected chi connectivity index (χ2v) is 5.39. The average molecular weight is 243 g/mol. The lowest BCUT2D eigenvalue weighted by atomic mass is 10.1. The SMILES string of the molecule is CCCN(CC)CCNC(=O)CNC(C)(C)C. The summed E-state index contributed by atoms with van der Waals surface area (Å²) in [6.07, 6.45) is 1.16. The van der Waals surface area contributed by atoms with Gasteiger partial charge in [-0.05, 0) is 40.3 Å². The zero-order valence-electron chi connectivity index (χ0n) is 12.1. The summed E-state index contributed by atoms with van der Waals surface area (Å²) in [5, 5.41) is 6.11. The molecule has 0 aromatic carbocycles. The molecule has 0 fully saturated rings. The molecule has 0 atom stereocenters. The number of amides is 1. The Kier molecular flexibility index (Phi) is 8.17. The van der Waals surface area contributed by atoms with Gasteiger partial charge in [-0.15, -0.1) is 0 Å². The standard InChI is InChI=1S/C13H29N3O/c1-6-9-16(7-2)10-8-14-12(17)11-15-13(3,4)5/h15H,6-11H2,1-5H3,(H,14,17). The molecule has 4 nitrogen and oxygen atoms in total. The first-order valence-corrected chi connectivity index (χ1v) is 6.63. The van der Waals surface area contributed by atoms with Crippen molar-refractivity contribution in [2.45, 2.75) is 46.6 Å². The summed E-state index contributed by atoms with van der Waals surface area (Å²) in [4.78, 5) is 13.9. The molecule has 0 aliphatic heterocycles. The molecule has 0 heterocycles. The molecule has 0 aromatic heterocycles. The molecule has 0 rings (SSSR count). The van der Waals surface area contributed by atoms with Crippen LogP contribution in [0.3, 0.4) is 0 Å². The number of likely N-dealkylation sites (N-methyl/N-ethyl adjacent to an activating group) is 1. The van der Waals surface area contributed by atoms with Gasteiger partial charge in [0.2, 0.25) is 5.91 Å². The monoisotopic (exact) mass is 243 g/mol. The van der Waals surface area contributed by atoms with E-state index in [9.17, 15) is 4.79 Å². The third-order valence-electron chi connectivity index (χ3n) is 2.52. The molecule has 0 aliphatic rings. The lowest BCUT2D eigenvalue weighted by molar-refractivity contribution is -0.120. The van der Waals surface area contributed by atoms with Crippen molar-refractivity contribution in [3.05, 3.63) is 0 Å². The minimum absolute atomic E-state index is 0.00496. The van der Waals surface area contributed by atoms with Crippen molar-refractivity contribution in [1.29, 1.82) is 0 Å². The molecule has 0 saturated heterocycles. The molecular formula is C13H29N3O. The van der Waals surface area contributed by atoms with Crippen LogP contribution in [0.5, 0.6) is 0 Å². The van der Waals surface area contributed by atoms with Crippen LogP contribution in [0, 0.1) is 0 Å². The van der Waals surface area contributed by atoms with Gasteiger partial charge in [-0.2, -0.15) is 0 Å². The average Bonchev–Trinajstić information content (AvgIpc) is 2.24. The second kappa shape index (κ2) is 8.48. The predicted octanol–water partition coefficient (Wildman–Crippen LogP) is 1.22. The van der Waals surface area contributed by atoms with Crippen molar-refractivity contribution in [3.8, 4) is 0 Å². The highest BCUT2D eigenvalue weighted by atomic mass is 16.1. The fourth-order valence-corrected chi connectivity index (χ4v) is 1.51. The minimum Gasteiger partial charge on any atom is -0.354 e. The van der Waals surface area contributed by atoms with Crippen molar-refractivity contribution in [2.24, 2.45) is 0 Å². The maximum Gasteiger partial charge on any atom is 0.234 e. The fourth-order valence-electron chi connectivity index (χ4n) is 1.51. The van der Waals surface area contributed by atoms with E-state index in [-0.39, 0.29) is 11.4 Å². The summed E-state index contributed by atoms with van der Waals surface area (Å²) in [6.45, 7) is 14.7. The Bertz CT molecular complexity index is 211. The van der Waals surface area contributed by atoms with Gasteiger partial charge in [-0.3, -0.25) is 4.79 Å². The van der Waals surface area contributed by atoms with Crippen molar-refractivity contribution in [3.63, 3.8) is 0 Å². The normalized spacial score (nSPS) is 11.9. The molecule has 0 radical (unpaired) electrons. The predicted molar refractivity (Wildman–Crippen MR) is 73.2 cm³/mol. The molecular weight excluding hydrogens is 214 g/mol. The number of rotatable bonds is 8. The molecule has 0 spiro atoms. The number of hydrogen-bond acceptors (Lipinski definition) is 3. The summed E-state index contributed by atoms with van der Waals surface area (Å²) in [5.74, 6) is 0.0764. The molecule has 0 aromatic rings. The summed E-state index contributed by atoms with van der Waals surface area (Å²) in [7, 11) is 0. The van der Waals surface area contributed by atoms with Crippen molar-refractivity contribution >= 4 is 5.91 Å². The van der Waals surface area contributed by atoms with Gasteiger partial charge in [-0.1, -0.05) is 13.8 Å². The van der Waals surface area contributed by atoms with Gasteiger partial charge in [-0.25, -0.2) is 0 Å². The molecule has 4 heteroatoms. The molecule has 0 unspecified atom stereocenters. The van der Waals surface area contributed by atoms with Gasteiger partial charge < -0.3 is 15.5 Å². The summed E-state index contributed by atoms with van der Waals surface area (Å²) in [6, 6.07) is 0. The fraction of sp³-hybridized carbons (Fsp3) is 0.923. The number of nitrogens with one attached hydrogen (secondary N) is 2. The zero-order valence-corrected chi connectivity index (χ0v) is 12.1. The Labute approximate surface area is 106 Å². The summed E-state index contributed by atoms with van der Waals surface area (Å²) < 4.78 is 0. The topological polar surface area (TPSA) is 44.4 Å². The molecule has 0 aliphatic carbocycles. The Morgan fingerprint density at radius 2 is 1.82 bits per heavy atom. The lowest BCUT2D eigenvalue weighted by Gasteiger charge is -2.21. The van der Waals surface area contributed by atoms with Gasteiger partial charge in [0.1, 0.15) is 0 Å². The van der Waals surface area contributed by atoms with Gasteiger partial charge in [0, 0.05) is 18.6 Å². The maximum absolute atomic E-state index is 11.5. The van der Waals surface area contributed by atoms with E-state index in [2.05, 4.69) is 50.2 Å². The van der Waals surface area contributed by atoms with Crippen LogP contribution >= 0.6 is 0 Å². The van der Waals surface area contributed by atoms with E-state index in [1.54, 1.807) is 0 Å². The van der Waals surface area contributed by atoms with Crippen molar-refractivity contribution < 1.29 is 4.79 Å². The molecule has 2 N–H and O–H groups in total. The van der Waals surface area contributed by atoms with E-state index in [0.717, 1.165) is 32.6 Å². The van der Waals surface area contributed by atoms with E-state index >= 15 is 0 Å². The van der Waals surface area contributed by atoms with Crippen LogP contribution in [0.25, 0.3) is 0 Å². The summed E-state index contributed by atoms with van der Waals surface area (Å²) in [5.41, 5.74) is -0.00496. The van der Waals surface area contributed by atoms with Crippen molar-refractivity contribution in [2.75, 3.05) is 32.7 Å². The van der Waals surface area contributed by atoms with Crippen molar-refractivity contribution in [1.82, 2.24) is 15.5 Å². The second-order valence-electron chi connectivity index (χ2n) is 5.39. The van der Waals surface area contributed by atoms with Crippen LogP contribution in [0.15, 0.2) is 0 Å². The highest BCUT2D eigenvalue weighted by Gasteiger charge is 2.10. The maximum atomic E-state index is 11.5. The highest BCUT2D eigenvalue weighted by Crippen LogP contribution is 1.96. The Balaban J connectivity index is 3.63. The number of carbonyl (C=O) groups is 1. The zero-order chi connectivity index (χ0) is 13.3. The van der Waals surface area contributed by atoms with E-state index in [0.29, 0.717) is 6.54 Å². The van der Waals surface area contributed by atoms with Crippen LogP contribution < -0.4 is 10.6 Å². The van der Waals surface area contributed by atoms with Crippen LogP contribution in [-0.2, 0) is 4.79 Å². The Morgan fingerprint density at radius 3 is 2.29 bits per heavy atom. The first-order valence-electron chi connectivity index (χ1n) is 6.63. The molecule has 1 amide bonds. The highest BCUT2D eigenvalue weighted by molar-refractivity contribution is 5.78. The van der Waals surface area contributed by atoms with Gasteiger partial charge in [0.15, 0.2) is 0 Å². The lowest BCUT2D eigenvalue weighted by Crippen LogP contribution is -2.44. The number of nitrogens with zero attached hydrogens (tertiary/aromatic N) is 1. The summed E-state index contributed by atoms with van der Waals surface area (Å²) >= 11 is 0. The van der Waals surface area contributed by atoms with E-state index in [1.165, 1.54) is 0 Å². The van der Waals surface area contributed by atoms with Gasteiger partial charge >= 0.3 is 0 Å². The minimum atomic E-state index is -0.00496. The number of hydrogen-bond donors (Lipinski definition) is 2. The smallest absolute Gasteiger partial charge is 0.234 e. The largest absolute Gasteiger partial charge is 0.354 e. The Morgan fingerprint density at radius 1 is 1.18 bits per heavy atom.